The van der Waals surface area contributed by atoms with Crippen LogP contribution in [0.25, 0.3) is 0 Å². The third kappa shape index (κ3) is 4.79. The minimum Gasteiger partial charge on any atom is -0.303 e. The van der Waals surface area contributed by atoms with Crippen LogP contribution in [0.15, 0.2) is 10.9 Å². The van der Waals surface area contributed by atoms with Crippen LogP contribution >= 0.6 is 0 Å². The standard InChI is InChI=1S/C21H35N5O/c1-23-9-3-2-6-19(23)8-10-24-11-13-25(14-12-24)15-16-26-21(27)17-18-5-4-7-20(18)22-26/h17,19H,2-16H2,1H3. The van der Waals surface area contributed by atoms with Crippen LogP contribution in [0.2, 0.25) is 0 Å². The zero-order chi connectivity index (χ0) is 18.6. The molecule has 27 heavy (non-hydrogen) atoms. The molecule has 0 radical (unpaired) electrons. The minimum absolute atomic E-state index is 0.0749. The van der Waals surface area contributed by atoms with Crippen LogP contribution in [-0.2, 0) is 19.4 Å². The first-order chi connectivity index (χ1) is 13.2. The van der Waals surface area contributed by atoms with Crippen molar-refractivity contribution in [2.75, 3.05) is 52.9 Å². The summed E-state index contributed by atoms with van der Waals surface area (Å²) in [5.41, 5.74) is 2.39. The molecule has 1 aromatic rings. The van der Waals surface area contributed by atoms with Gasteiger partial charge in [-0.2, -0.15) is 5.10 Å². The first-order valence-electron chi connectivity index (χ1n) is 10.9. The van der Waals surface area contributed by atoms with E-state index < -0.39 is 0 Å². The van der Waals surface area contributed by atoms with Crippen LogP contribution in [-0.4, -0.2) is 83.4 Å². The van der Waals surface area contributed by atoms with E-state index in [4.69, 9.17) is 0 Å². The van der Waals surface area contributed by atoms with Gasteiger partial charge in [0.25, 0.3) is 5.56 Å². The molecule has 6 nitrogen and oxygen atoms in total. The summed E-state index contributed by atoms with van der Waals surface area (Å²) in [6.07, 6.45) is 8.66. The van der Waals surface area contributed by atoms with E-state index >= 15 is 0 Å². The molecule has 0 aromatic carbocycles. The average Bonchev–Trinajstić information content (AvgIpc) is 3.13. The largest absolute Gasteiger partial charge is 0.303 e. The van der Waals surface area contributed by atoms with Crippen molar-refractivity contribution in [2.45, 2.75) is 57.5 Å². The first kappa shape index (κ1) is 19.1. The molecule has 0 spiro atoms. The number of nitrogens with zero attached hydrogens (tertiary/aromatic N) is 5. The fourth-order valence-electron chi connectivity index (χ4n) is 4.91. The van der Waals surface area contributed by atoms with Crippen LogP contribution in [0.3, 0.4) is 0 Å². The van der Waals surface area contributed by atoms with E-state index in [0.29, 0.717) is 0 Å². The SMILES string of the molecule is CN1CCCCC1CCN1CCN(CCn2nc3c(cc2=O)CCC3)CC1. The summed E-state index contributed by atoms with van der Waals surface area (Å²) in [5, 5.41) is 4.60. The number of fused-ring (bicyclic) bond motifs is 1. The van der Waals surface area contributed by atoms with Crippen molar-refractivity contribution in [3.63, 3.8) is 0 Å². The molecule has 1 atom stereocenters. The van der Waals surface area contributed by atoms with E-state index in [1.54, 1.807) is 4.68 Å². The fraction of sp³-hybridized carbons (Fsp3) is 0.810. The molecular weight excluding hydrogens is 338 g/mol. The van der Waals surface area contributed by atoms with Gasteiger partial charge >= 0.3 is 0 Å². The number of hydrogen-bond donors (Lipinski definition) is 0. The third-order valence-electron chi connectivity index (χ3n) is 6.82. The Hall–Kier alpha value is -1.24. The molecule has 2 aliphatic heterocycles. The van der Waals surface area contributed by atoms with E-state index in [0.717, 1.165) is 70.3 Å². The number of piperidine rings is 1. The molecule has 0 amide bonds. The van der Waals surface area contributed by atoms with Crippen molar-refractivity contribution in [3.05, 3.63) is 27.7 Å². The summed E-state index contributed by atoms with van der Waals surface area (Å²) >= 11 is 0. The third-order valence-corrected chi connectivity index (χ3v) is 6.82. The van der Waals surface area contributed by atoms with Gasteiger partial charge in [-0.1, -0.05) is 6.42 Å². The Balaban J connectivity index is 1.19. The highest BCUT2D eigenvalue weighted by Crippen LogP contribution is 2.19. The van der Waals surface area contributed by atoms with Gasteiger partial charge < -0.3 is 9.80 Å². The van der Waals surface area contributed by atoms with Crippen LogP contribution in [0.5, 0.6) is 0 Å². The van der Waals surface area contributed by atoms with Gasteiger partial charge in [-0.3, -0.25) is 9.69 Å². The quantitative estimate of drug-likeness (QED) is 0.750. The van der Waals surface area contributed by atoms with Crippen LogP contribution in [0, 0.1) is 0 Å². The normalized spacial score (nSPS) is 25.0. The summed E-state index contributed by atoms with van der Waals surface area (Å²) in [6, 6.07) is 2.60. The number of aromatic nitrogens is 2. The Bertz CT molecular complexity index is 680. The van der Waals surface area contributed by atoms with Crippen molar-refractivity contribution in [2.24, 2.45) is 0 Å². The van der Waals surface area contributed by atoms with Crippen molar-refractivity contribution in [1.82, 2.24) is 24.5 Å². The van der Waals surface area contributed by atoms with Gasteiger partial charge in [-0.05, 0) is 64.2 Å². The molecule has 0 saturated carbocycles. The lowest BCUT2D eigenvalue weighted by Crippen LogP contribution is -2.49. The van der Waals surface area contributed by atoms with E-state index in [9.17, 15) is 4.79 Å². The highest BCUT2D eigenvalue weighted by molar-refractivity contribution is 5.22. The van der Waals surface area contributed by atoms with Crippen LogP contribution < -0.4 is 5.56 Å². The highest BCUT2D eigenvalue weighted by Gasteiger charge is 2.22. The fourth-order valence-corrected chi connectivity index (χ4v) is 4.91. The molecule has 1 aliphatic carbocycles. The van der Waals surface area contributed by atoms with E-state index in [1.165, 1.54) is 44.3 Å². The van der Waals surface area contributed by atoms with E-state index in [-0.39, 0.29) is 5.56 Å². The number of hydrogen-bond acceptors (Lipinski definition) is 5. The van der Waals surface area contributed by atoms with Gasteiger partial charge in [0.2, 0.25) is 0 Å². The average molecular weight is 374 g/mol. The minimum atomic E-state index is 0.0749. The van der Waals surface area contributed by atoms with Gasteiger partial charge in [-0.25, -0.2) is 4.68 Å². The number of piperazine rings is 1. The lowest BCUT2D eigenvalue weighted by Gasteiger charge is -2.37. The zero-order valence-electron chi connectivity index (χ0n) is 16.9. The summed E-state index contributed by atoms with van der Waals surface area (Å²) in [4.78, 5) is 19.9. The van der Waals surface area contributed by atoms with Crippen molar-refractivity contribution >= 4 is 0 Å². The summed E-state index contributed by atoms with van der Waals surface area (Å²) in [7, 11) is 2.29. The molecule has 3 aliphatic rings. The summed E-state index contributed by atoms with van der Waals surface area (Å²) < 4.78 is 1.69. The Labute approximate surface area is 163 Å². The van der Waals surface area contributed by atoms with E-state index in [1.807, 2.05) is 6.07 Å². The van der Waals surface area contributed by atoms with Gasteiger partial charge in [0.05, 0.1) is 12.2 Å². The number of aryl methyl sites for hydroxylation is 2. The monoisotopic (exact) mass is 373 g/mol. The second kappa shape index (κ2) is 8.84. The summed E-state index contributed by atoms with van der Waals surface area (Å²) in [5.74, 6) is 0. The van der Waals surface area contributed by atoms with Crippen LogP contribution in [0.1, 0.15) is 43.4 Å². The maximum atomic E-state index is 12.2. The van der Waals surface area contributed by atoms with Gasteiger partial charge in [0.15, 0.2) is 0 Å². The van der Waals surface area contributed by atoms with Crippen molar-refractivity contribution < 1.29 is 0 Å². The van der Waals surface area contributed by atoms with Crippen LogP contribution in [0.4, 0.5) is 0 Å². The number of likely N-dealkylation sites (tertiary alicyclic amines) is 1. The van der Waals surface area contributed by atoms with Gasteiger partial charge in [0, 0.05) is 44.8 Å². The highest BCUT2D eigenvalue weighted by atomic mass is 16.1. The topological polar surface area (TPSA) is 44.6 Å². The zero-order valence-corrected chi connectivity index (χ0v) is 16.9. The number of rotatable bonds is 6. The second-order valence-corrected chi connectivity index (χ2v) is 8.63. The Morgan fingerprint density at radius 2 is 1.74 bits per heavy atom. The Morgan fingerprint density at radius 3 is 2.52 bits per heavy atom. The smallest absolute Gasteiger partial charge is 0.267 e. The van der Waals surface area contributed by atoms with Crippen molar-refractivity contribution in [3.8, 4) is 0 Å². The van der Waals surface area contributed by atoms with Gasteiger partial charge in [-0.15, -0.1) is 0 Å². The molecule has 2 saturated heterocycles. The maximum absolute atomic E-state index is 12.2. The maximum Gasteiger partial charge on any atom is 0.267 e. The predicted octanol–water partition coefficient (Wildman–Crippen LogP) is 1.22. The molecule has 0 bridgehead atoms. The Kier molecular flexibility index (Phi) is 6.25. The molecule has 3 heterocycles. The summed E-state index contributed by atoms with van der Waals surface area (Å²) in [6.45, 7) is 8.69. The van der Waals surface area contributed by atoms with Gasteiger partial charge in [0.1, 0.15) is 0 Å². The molecule has 2 fully saturated rings. The molecule has 4 rings (SSSR count). The predicted molar refractivity (Wildman–Crippen MR) is 108 cm³/mol. The molecule has 0 N–H and O–H groups in total. The van der Waals surface area contributed by atoms with Crippen molar-refractivity contribution in [1.29, 1.82) is 0 Å². The molecule has 1 unspecified atom stereocenters. The molecule has 6 heteroatoms. The second-order valence-electron chi connectivity index (χ2n) is 8.63. The lowest BCUT2D eigenvalue weighted by atomic mass is 10.00. The van der Waals surface area contributed by atoms with E-state index in [2.05, 4.69) is 26.8 Å². The molecule has 150 valence electrons. The first-order valence-corrected chi connectivity index (χ1v) is 10.9. The lowest BCUT2D eigenvalue weighted by molar-refractivity contribution is 0.107. The molecular formula is C21H35N5O. The Morgan fingerprint density at radius 1 is 0.963 bits per heavy atom. The molecule has 1 aromatic heterocycles.